The fourth-order valence-electron chi connectivity index (χ4n) is 3.04. The number of piperidine rings is 1. The Hall–Kier alpha value is -1.93. The summed E-state index contributed by atoms with van der Waals surface area (Å²) in [5.41, 5.74) is -1.63. The number of rotatable bonds is 2. The summed E-state index contributed by atoms with van der Waals surface area (Å²) >= 11 is 0. The Balaban J connectivity index is 2.15. The van der Waals surface area contributed by atoms with Crippen molar-refractivity contribution in [2.45, 2.75) is 31.9 Å². The molecule has 0 amide bonds. The summed E-state index contributed by atoms with van der Waals surface area (Å²) < 4.78 is 12.2. The number of fused-ring (bicyclic) bond motifs is 2. The van der Waals surface area contributed by atoms with E-state index in [2.05, 4.69) is 10.3 Å². The van der Waals surface area contributed by atoms with E-state index in [4.69, 9.17) is 9.47 Å². The zero-order valence-corrected chi connectivity index (χ0v) is 12.4. The molecule has 1 aromatic rings. The molecule has 8 heteroatoms. The maximum absolute atomic E-state index is 12.4. The van der Waals surface area contributed by atoms with Gasteiger partial charge in [0.15, 0.2) is 5.69 Å². The third kappa shape index (κ3) is 2.28. The zero-order valence-electron chi connectivity index (χ0n) is 12.4. The number of carbonyl (C=O) groups is 1. The number of ether oxygens (including phenoxy) is 2. The lowest BCUT2D eigenvalue weighted by Crippen LogP contribution is -2.50. The van der Waals surface area contributed by atoms with E-state index in [1.807, 2.05) is 0 Å². The van der Waals surface area contributed by atoms with Crippen molar-refractivity contribution in [3.8, 4) is 5.75 Å². The van der Waals surface area contributed by atoms with Crippen molar-refractivity contribution in [1.29, 1.82) is 0 Å². The minimum Gasteiger partial charge on any atom is -0.501 e. The third-order valence-corrected chi connectivity index (χ3v) is 4.13. The van der Waals surface area contributed by atoms with Gasteiger partial charge in [-0.2, -0.15) is 0 Å². The first-order valence-electron chi connectivity index (χ1n) is 7.45. The Kier molecular flexibility index (Phi) is 3.88. The standard InChI is InChI=1S/C14H19N3O5/c1-2-21-12(20)9-10(18)11(19)17-7-8-22-14(13(17)16-9)3-5-15-6-4-14/h15,18H,2-8H2,1H3. The SMILES string of the molecule is CCOC(=O)c1nc2n(c(=O)c1O)CCOC21CCNCC1. The molecule has 2 aliphatic rings. The van der Waals surface area contributed by atoms with Crippen LogP contribution >= 0.6 is 0 Å². The van der Waals surface area contributed by atoms with Crippen LogP contribution in [0.1, 0.15) is 36.1 Å². The van der Waals surface area contributed by atoms with E-state index in [1.54, 1.807) is 6.92 Å². The Morgan fingerprint density at radius 2 is 2.23 bits per heavy atom. The van der Waals surface area contributed by atoms with Crippen LogP contribution in [0.5, 0.6) is 5.75 Å². The van der Waals surface area contributed by atoms with E-state index >= 15 is 0 Å². The molecule has 0 unspecified atom stereocenters. The average molecular weight is 309 g/mol. The van der Waals surface area contributed by atoms with E-state index in [9.17, 15) is 14.7 Å². The molecule has 0 bridgehead atoms. The average Bonchev–Trinajstić information content (AvgIpc) is 2.52. The Labute approximate surface area is 127 Å². The number of esters is 1. The molecule has 1 fully saturated rings. The van der Waals surface area contributed by atoms with Gasteiger partial charge in [-0.3, -0.25) is 9.36 Å². The molecule has 1 aromatic heterocycles. The third-order valence-electron chi connectivity index (χ3n) is 4.13. The minimum absolute atomic E-state index is 0.143. The molecule has 120 valence electrons. The van der Waals surface area contributed by atoms with Crippen molar-refractivity contribution in [1.82, 2.24) is 14.9 Å². The lowest BCUT2D eigenvalue weighted by Gasteiger charge is -2.41. The van der Waals surface area contributed by atoms with Crippen LogP contribution in [-0.2, 0) is 21.6 Å². The zero-order chi connectivity index (χ0) is 15.7. The molecular formula is C14H19N3O5. The van der Waals surface area contributed by atoms with Crippen LogP contribution in [0.2, 0.25) is 0 Å². The largest absolute Gasteiger partial charge is 0.501 e. The summed E-state index contributed by atoms with van der Waals surface area (Å²) in [6, 6.07) is 0. The summed E-state index contributed by atoms with van der Waals surface area (Å²) in [4.78, 5) is 28.5. The molecule has 0 atom stereocenters. The van der Waals surface area contributed by atoms with Crippen molar-refractivity contribution in [3.05, 3.63) is 21.9 Å². The highest BCUT2D eigenvalue weighted by atomic mass is 16.5. The Morgan fingerprint density at radius 3 is 2.91 bits per heavy atom. The van der Waals surface area contributed by atoms with Crippen LogP contribution in [-0.4, -0.2) is 46.9 Å². The van der Waals surface area contributed by atoms with E-state index in [1.165, 1.54) is 4.57 Å². The highest BCUT2D eigenvalue weighted by molar-refractivity contribution is 5.90. The van der Waals surface area contributed by atoms with Gasteiger partial charge >= 0.3 is 5.97 Å². The van der Waals surface area contributed by atoms with Gasteiger partial charge in [0.05, 0.1) is 19.8 Å². The van der Waals surface area contributed by atoms with Gasteiger partial charge in [-0.1, -0.05) is 0 Å². The number of hydrogen-bond donors (Lipinski definition) is 2. The Morgan fingerprint density at radius 1 is 1.50 bits per heavy atom. The van der Waals surface area contributed by atoms with Crippen LogP contribution < -0.4 is 10.9 Å². The van der Waals surface area contributed by atoms with E-state index in [-0.39, 0.29) is 12.3 Å². The number of nitrogens with zero attached hydrogens (tertiary/aromatic N) is 2. The summed E-state index contributed by atoms with van der Waals surface area (Å²) in [5, 5.41) is 13.2. The Bertz CT molecular complexity index is 649. The van der Waals surface area contributed by atoms with Crippen molar-refractivity contribution in [3.63, 3.8) is 0 Å². The van der Waals surface area contributed by atoms with Crippen molar-refractivity contribution in [2.75, 3.05) is 26.3 Å². The normalized spacial score (nSPS) is 19.7. The molecule has 8 nitrogen and oxygen atoms in total. The molecule has 22 heavy (non-hydrogen) atoms. The predicted octanol–water partition coefficient (Wildman–Crippen LogP) is -0.266. The number of hydrogen-bond acceptors (Lipinski definition) is 7. The first kappa shape index (κ1) is 15.0. The highest BCUT2D eigenvalue weighted by Gasteiger charge is 2.42. The highest BCUT2D eigenvalue weighted by Crippen LogP contribution is 2.36. The number of nitrogens with one attached hydrogen (secondary N) is 1. The molecule has 3 rings (SSSR count). The monoisotopic (exact) mass is 309 g/mol. The minimum atomic E-state index is -0.796. The molecule has 0 aliphatic carbocycles. The lowest BCUT2D eigenvalue weighted by molar-refractivity contribution is -0.102. The molecular weight excluding hydrogens is 290 g/mol. The van der Waals surface area contributed by atoms with Gasteiger partial charge in [-0.05, 0) is 32.9 Å². The van der Waals surface area contributed by atoms with Gasteiger partial charge in [-0.25, -0.2) is 9.78 Å². The fourth-order valence-corrected chi connectivity index (χ4v) is 3.04. The topological polar surface area (TPSA) is 103 Å². The summed E-state index contributed by atoms with van der Waals surface area (Å²) in [6.07, 6.45) is 1.32. The van der Waals surface area contributed by atoms with Crippen molar-refractivity contribution in [2.24, 2.45) is 0 Å². The molecule has 1 spiro atoms. The summed E-state index contributed by atoms with van der Waals surface area (Å²) in [5.74, 6) is -1.05. The van der Waals surface area contributed by atoms with Crippen molar-refractivity contribution >= 4 is 5.97 Å². The number of aromatic nitrogens is 2. The second-order valence-electron chi connectivity index (χ2n) is 5.40. The van der Waals surface area contributed by atoms with Gasteiger partial charge < -0.3 is 19.9 Å². The van der Waals surface area contributed by atoms with Gasteiger partial charge in [-0.15, -0.1) is 0 Å². The van der Waals surface area contributed by atoms with Gasteiger partial charge in [0.1, 0.15) is 11.4 Å². The van der Waals surface area contributed by atoms with E-state index < -0.39 is 22.9 Å². The fraction of sp³-hybridized carbons (Fsp3) is 0.643. The van der Waals surface area contributed by atoms with E-state index in [0.29, 0.717) is 31.8 Å². The second-order valence-corrected chi connectivity index (χ2v) is 5.40. The number of carbonyl (C=O) groups excluding carboxylic acids is 1. The molecule has 0 radical (unpaired) electrons. The van der Waals surface area contributed by atoms with Crippen molar-refractivity contribution < 1.29 is 19.4 Å². The summed E-state index contributed by atoms with van der Waals surface area (Å²) in [7, 11) is 0. The first-order chi connectivity index (χ1) is 10.6. The molecule has 2 aliphatic heterocycles. The molecule has 0 saturated carbocycles. The first-order valence-corrected chi connectivity index (χ1v) is 7.45. The van der Waals surface area contributed by atoms with Crippen LogP contribution in [0, 0.1) is 0 Å². The van der Waals surface area contributed by atoms with Crippen LogP contribution in [0.25, 0.3) is 0 Å². The maximum atomic E-state index is 12.4. The quantitative estimate of drug-likeness (QED) is 0.725. The van der Waals surface area contributed by atoms with Gasteiger partial charge in [0.2, 0.25) is 5.75 Å². The second kappa shape index (κ2) is 5.69. The number of aromatic hydroxyl groups is 1. The smallest absolute Gasteiger partial charge is 0.361 e. The summed E-state index contributed by atoms with van der Waals surface area (Å²) in [6.45, 7) is 3.97. The molecule has 3 heterocycles. The maximum Gasteiger partial charge on any atom is 0.361 e. The lowest BCUT2D eigenvalue weighted by atomic mass is 9.89. The molecule has 2 N–H and O–H groups in total. The predicted molar refractivity (Wildman–Crippen MR) is 75.9 cm³/mol. The molecule has 0 aromatic carbocycles. The van der Waals surface area contributed by atoms with Crippen LogP contribution in [0.15, 0.2) is 4.79 Å². The van der Waals surface area contributed by atoms with Gasteiger partial charge in [0.25, 0.3) is 5.56 Å². The van der Waals surface area contributed by atoms with Gasteiger partial charge in [0, 0.05) is 0 Å². The molecule has 1 saturated heterocycles. The van der Waals surface area contributed by atoms with E-state index in [0.717, 1.165) is 13.1 Å². The van der Waals surface area contributed by atoms with Crippen LogP contribution in [0.4, 0.5) is 0 Å². The van der Waals surface area contributed by atoms with Crippen LogP contribution in [0.3, 0.4) is 0 Å².